The molecular weight excluding hydrogens is 260 g/mol. The fourth-order valence-corrected chi connectivity index (χ4v) is 2.26. The van der Waals surface area contributed by atoms with Crippen LogP contribution in [0.4, 0.5) is 5.69 Å². The van der Waals surface area contributed by atoms with E-state index in [4.69, 9.17) is 11.6 Å². The van der Waals surface area contributed by atoms with Gasteiger partial charge in [0.05, 0.1) is 5.38 Å². The number of nitrogens with one attached hydrogen (secondary N) is 1. The molecule has 0 fully saturated rings. The molecule has 0 saturated heterocycles. The number of hydrogen-bond acceptors (Lipinski definition) is 2. The SMILES string of the molecule is CC(C)CC(Cl)CNC(=O)c1cccc(N(C)C)c1. The maximum Gasteiger partial charge on any atom is 0.251 e. The standard InChI is InChI=1S/C15H23ClN2O/c1-11(2)8-13(16)10-17-15(19)12-6-5-7-14(9-12)18(3)4/h5-7,9,11,13H,8,10H2,1-4H3,(H,17,19). The van der Waals surface area contributed by atoms with E-state index in [0.717, 1.165) is 12.1 Å². The van der Waals surface area contributed by atoms with Gasteiger partial charge in [-0.05, 0) is 30.5 Å². The van der Waals surface area contributed by atoms with E-state index < -0.39 is 0 Å². The third-order valence-corrected chi connectivity index (χ3v) is 3.17. The zero-order valence-electron chi connectivity index (χ0n) is 12.1. The van der Waals surface area contributed by atoms with Crippen molar-refractivity contribution in [2.24, 2.45) is 5.92 Å². The largest absolute Gasteiger partial charge is 0.378 e. The van der Waals surface area contributed by atoms with E-state index in [2.05, 4.69) is 19.2 Å². The summed E-state index contributed by atoms with van der Waals surface area (Å²) in [6, 6.07) is 7.55. The molecule has 0 spiro atoms. The van der Waals surface area contributed by atoms with Crippen LogP contribution in [0, 0.1) is 5.92 Å². The van der Waals surface area contributed by atoms with E-state index in [-0.39, 0.29) is 11.3 Å². The van der Waals surface area contributed by atoms with Gasteiger partial charge in [-0.25, -0.2) is 0 Å². The lowest BCUT2D eigenvalue weighted by molar-refractivity contribution is 0.0953. The number of anilines is 1. The van der Waals surface area contributed by atoms with Crippen LogP contribution < -0.4 is 10.2 Å². The normalized spacial score (nSPS) is 12.3. The minimum Gasteiger partial charge on any atom is -0.378 e. The smallest absolute Gasteiger partial charge is 0.251 e. The van der Waals surface area contributed by atoms with E-state index in [9.17, 15) is 4.79 Å². The Bertz CT molecular complexity index is 418. The summed E-state index contributed by atoms with van der Waals surface area (Å²) in [4.78, 5) is 14.0. The highest BCUT2D eigenvalue weighted by molar-refractivity contribution is 6.21. The number of rotatable bonds is 6. The average Bonchev–Trinajstić information content (AvgIpc) is 2.35. The number of alkyl halides is 1. The number of carbonyl (C=O) groups is 1. The Morgan fingerprint density at radius 1 is 1.37 bits per heavy atom. The predicted molar refractivity (Wildman–Crippen MR) is 82.2 cm³/mol. The molecule has 1 unspecified atom stereocenters. The quantitative estimate of drug-likeness (QED) is 0.813. The molecule has 0 aliphatic carbocycles. The van der Waals surface area contributed by atoms with Crippen molar-refractivity contribution in [2.45, 2.75) is 25.6 Å². The molecule has 1 rings (SSSR count). The molecule has 1 aromatic rings. The lowest BCUT2D eigenvalue weighted by Gasteiger charge is -2.15. The first-order chi connectivity index (χ1) is 8.90. The van der Waals surface area contributed by atoms with Crippen molar-refractivity contribution in [3.63, 3.8) is 0 Å². The van der Waals surface area contributed by atoms with Gasteiger partial charge in [-0.1, -0.05) is 19.9 Å². The number of amides is 1. The molecule has 1 aromatic carbocycles. The lowest BCUT2D eigenvalue weighted by atomic mass is 10.1. The average molecular weight is 283 g/mol. The minimum atomic E-state index is -0.0712. The van der Waals surface area contributed by atoms with Gasteiger partial charge in [0, 0.05) is 31.9 Å². The van der Waals surface area contributed by atoms with Gasteiger partial charge in [-0.2, -0.15) is 0 Å². The van der Waals surface area contributed by atoms with Crippen molar-refractivity contribution in [1.82, 2.24) is 5.32 Å². The maximum atomic E-state index is 12.0. The second-order valence-corrected chi connectivity index (χ2v) is 6.00. The first kappa shape index (κ1) is 15.8. The van der Waals surface area contributed by atoms with Crippen molar-refractivity contribution in [3.8, 4) is 0 Å². The summed E-state index contributed by atoms with van der Waals surface area (Å²) in [6.07, 6.45) is 0.902. The second-order valence-electron chi connectivity index (χ2n) is 5.38. The number of halogens is 1. The molecule has 1 atom stereocenters. The Kier molecular flexibility index (Phi) is 6.16. The number of hydrogen-bond donors (Lipinski definition) is 1. The molecule has 1 N–H and O–H groups in total. The van der Waals surface area contributed by atoms with Crippen LogP contribution in [0.25, 0.3) is 0 Å². The molecule has 3 nitrogen and oxygen atoms in total. The Morgan fingerprint density at radius 3 is 2.63 bits per heavy atom. The summed E-state index contributed by atoms with van der Waals surface area (Å²) in [5, 5.41) is 2.87. The Labute approximate surface area is 120 Å². The van der Waals surface area contributed by atoms with Gasteiger partial charge >= 0.3 is 0 Å². The lowest BCUT2D eigenvalue weighted by Crippen LogP contribution is -2.30. The molecular formula is C15H23ClN2O. The van der Waals surface area contributed by atoms with E-state index in [1.807, 2.05) is 43.3 Å². The molecule has 0 bridgehead atoms. The van der Waals surface area contributed by atoms with Crippen molar-refractivity contribution >= 4 is 23.2 Å². The van der Waals surface area contributed by atoms with Gasteiger partial charge < -0.3 is 10.2 Å². The van der Waals surface area contributed by atoms with E-state index >= 15 is 0 Å². The molecule has 0 aliphatic heterocycles. The van der Waals surface area contributed by atoms with Gasteiger partial charge in [0.15, 0.2) is 0 Å². The van der Waals surface area contributed by atoms with Crippen molar-refractivity contribution in [3.05, 3.63) is 29.8 Å². The van der Waals surface area contributed by atoms with Crippen molar-refractivity contribution in [1.29, 1.82) is 0 Å². The summed E-state index contributed by atoms with van der Waals surface area (Å²) < 4.78 is 0. The first-order valence-electron chi connectivity index (χ1n) is 6.59. The minimum absolute atomic E-state index is 0.0130. The monoisotopic (exact) mass is 282 g/mol. The van der Waals surface area contributed by atoms with Gasteiger partial charge in [-0.3, -0.25) is 4.79 Å². The molecule has 0 saturated carbocycles. The molecule has 0 aliphatic rings. The van der Waals surface area contributed by atoms with Crippen LogP contribution in [-0.2, 0) is 0 Å². The highest BCUT2D eigenvalue weighted by Crippen LogP contribution is 2.14. The summed E-state index contributed by atoms with van der Waals surface area (Å²) in [6.45, 7) is 4.75. The van der Waals surface area contributed by atoms with E-state index in [0.29, 0.717) is 18.0 Å². The molecule has 1 amide bonds. The van der Waals surface area contributed by atoms with Gasteiger partial charge in [0.2, 0.25) is 0 Å². The van der Waals surface area contributed by atoms with Crippen LogP contribution in [0.5, 0.6) is 0 Å². The van der Waals surface area contributed by atoms with Crippen LogP contribution >= 0.6 is 11.6 Å². The summed E-state index contributed by atoms with van der Waals surface area (Å²) in [5.41, 5.74) is 1.68. The Balaban J connectivity index is 2.56. The fraction of sp³-hybridized carbons (Fsp3) is 0.533. The van der Waals surface area contributed by atoms with Crippen molar-refractivity contribution < 1.29 is 4.79 Å². The van der Waals surface area contributed by atoms with Crippen LogP contribution in [0.15, 0.2) is 24.3 Å². The highest BCUT2D eigenvalue weighted by Gasteiger charge is 2.11. The summed E-state index contributed by atoms with van der Waals surface area (Å²) >= 11 is 6.17. The van der Waals surface area contributed by atoms with Crippen LogP contribution in [0.1, 0.15) is 30.6 Å². The topological polar surface area (TPSA) is 32.3 Å². The number of benzene rings is 1. The Morgan fingerprint density at radius 2 is 2.05 bits per heavy atom. The van der Waals surface area contributed by atoms with E-state index in [1.54, 1.807) is 0 Å². The second kappa shape index (κ2) is 7.39. The predicted octanol–water partition coefficient (Wildman–Crippen LogP) is 3.14. The maximum absolute atomic E-state index is 12.0. The van der Waals surface area contributed by atoms with Gasteiger partial charge in [-0.15, -0.1) is 11.6 Å². The molecule has 4 heteroatoms. The summed E-state index contributed by atoms with van der Waals surface area (Å²) in [5.74, 6) is 0.467. The van der Waals surface area contributed by atoms with Gasteiger partial charge in [0.1, 0.15) is 0 Å². The zero-order chi connectivity index (χ0) is 14.4. The summed E-state index contributed by atoms with van der Waals surface area (Å²) in [7, 11) is 3.91. The third-order valence-electron chi connectivity index (χ3n) is 2.84. The zero-order valence-corrected chi connectivity index (χ0v) is 12.9. The third kappa shape index (κ3) is 5.52. The van der Waals surface area contributed by atoms with Crippen LogP contribution in [0.3, 0.4) is 0 Å². The number of nitrogens with zero attached hydrogens (tertiary/aromatic N) is 1. The van der Waals surface area contributed by atoms with Crippen LogP contribution in [-0.4, -0.2) is 31.9 Å². The van der Waals surface area contributed by atoms with Crippen LogP contribution in [0.2, 0.25) is 0 Å². The Hall–Kier alpha value is -1.22. The molecule has 0 aromatic heterocycles. The van der Waals surface area contributed by atoms with Gasteiger partial charge in [0.25, 0.3) is 5.91 Å². The van der Waals surface area contributed by atoms with Crippen molar-refractivity contribution in [2.75, 3.05) is 25.5 Å². The highest BCUT2D eigenvalue weighted by atomic mass is 35.5. The van der Waals surface area contributed by atoms with E-state index in [1.165, 1.54) is 0 Å². The molecule has 0 heterocycles. The first-order valence-corrected chi connectivity index (χ1v) is 7.03. The molecule has 19 heavy (non-hydrogen) atoms. The fourth-order valence-electron chi connectivity index (χ4n) is 1.83. The molecule has 106 valence electrons. The number of carbonyl (C=O) groups excluding carboxylic acids is 1. The molecule has 0 radical (unpaired) electrons.